The number of hydrogen-bond acceptors (Lipinski definition) is 2. The second kappa shape index (κ2) is 12.3. The molecule has 0 atom stereocenters. The van der Waals surface area contributed by atoms with E-state index < -0.39 is 5.97 Å². The van der Waals surface area contributed by atoms with Gasteiger partial charge in [-0.25, -0.2) is 4.79 Å². The summed E-state index contributed by atoms with van der Waals surface area (Å²) in [7, 11) is 0. The third kappa shape index (κ3) is 6.08. The Hall–Kier alpha value is -3.89. The molecule has 0 bridgehead atoms. The molecule has 1 heterocycles. The molecule has 2 N–H and O–H groups in total. The zero-order valence-electron chi connectivity index (χ0n) is 23.8. The summed E-state index contributed by atoms with van der Waals surface area (Å²) in [5.74, 6) is -0.478. The van der Waals surface area contributed by atoms with Crippen LogP contribution in [0.25, 0.3) is 27.8 Å². The number of aliphatic carboxylic acids is 1. The Morgan fingerprint density at radius 2 is 1.71 bits per heavy atom. The van der Waals surface area contributed by atoms with E-state index >= 15 is 0 Å². The van der Waals surface area contributed by atoms with Crippen molar-refractivity contribution in [2.24, 2.45) is 5.92 Å². The Morgan fingerprint density at radius 1 is 1.02 bits per heavy atom. The topological polar surface area (TPSA) is 66.4 Å². The number of carboxylic acid groups (broad SMARTS) is 1. The second-order valence-corrected chi connectivity index (χ2v) is 11.6. The molecule has 1 saturated carbocycles. The summed E-state index contributed by atoms with van der Waals surface area (Å²) in [5.41, 5.74) is 9.27. The van der Waals surface area contributed by atoms with Gasteiger partial charge in [0.1, 0.15) is 0 Å². The second-order valence-electron chi connectivity index (χ2n) is 11.2. The predicted molar refractivity (Wildman–Crippen MR) is 169 cm³/mol. The first-order chi connectivity index (χ1) is 19.8. The molecule has 3 aromatic rings. The van der Waals surface area contributed by atoms with Crippen molar-refractivity contribution in [3.63, 3.8) is 0 Å². The summed E-state index contributed by atoms with van der Waals surface area (Å²) in [6, 6.07) is 21.0. The Morgan fingerprint density at radius 3 is 2.32 bits per heavy atom. The first-order valence-electron chi connectivity index (χ1n) is 14.4. The van der Waals surface area contributed by atoms with Crippen molar-refractivity contribution in [1.29, 1.82) is 0 Å². The lowest BCUT2D eigenvalue weighted by molar-refractivity contribution is -0.133. The summed E-state index contributed by atoms with van der Waals surface area (Å²) >= 11 is 6.72. The van der Waals surface area contributed by atoms with Crippen LogP contribution in [0.3, 0.4) is 0 Å². The molecule has 1 aliphatic heterocycles. The molecule has 0 radical (unpaired) electrons. The molecule has 2 aliphatic rings. The first kappa shape index (κ1) is 28.6. The van der Waals surface area contributed by atoms with Gasteiger partial charge in [-0.05, 0) is 84.9 Å². The van der Waals surface area contributed by atoms with Crippen LogP contribution in [-0.4, -0.2) is 17.0 Å². The molecule has 0 spiro atoms. The Balaban J connectivity index is 1.39. The molecule has 210 valence electrons. The lowest BCUT2D eigenvalue weighted by Gasteiger charge is -2.28. The lowest BCUT2D eigenvalue weighted by Crippen LogP contribution is -2.09. The number of allylic oxidation sites excluding steroid dienone is 4. The molecule has 4 nitrogen and oxygen atoms in total. The number of rotatable bonds is 9. The quantitative estimate of drug-likeness (QED) is 0.200. The Bertz CT molecular complexity index is 1570. The minimum atomic E-state index is -0.901. The number of hydrogen-bond donors (Lipinski definition) is 2. The van der Waals surface area contributed by atoms with Crippen molar-refractivity contribution in [3.05, 3.63) is 106 Å². The fraction of sp³-hybridized carbons (Fsp3) is 0.278. The van der Waals surface area contributed by atoms with Gasteiger partial charge in [0.25, 0.3) is 5.91 Å². The summed E-state index contributed by atoms with van der Waals surface area (Å²) in [4.78, 5) is 24.5. The van der Waals surface area contributed by atoms with Crippen LogP contribution in [0.4, 0.5) is 5.69 Å². The van der Waals surface area contributed by atoms with Crippen molar-refractivity contribution >= 4 is 34.7 Å². The van der Waals surface area contributed by atoms with Crippen molar-refractivity contribution in [1.82, 2.24) is 0 Å². The minimum Gasteiger partial charge on any atom is -0.478 e. The van der Waals surface area contributed by atoms with Gasteiger partial charge in [0.2, 0.25) is 0 Å². The van der Waals surface area contributed by atoms with Gasteiger partial charge < -0.3 is 10.4 Å². The molecule has 5 heteroatoms. The van der Waals surface area contributed by atoms with Gasteiger partial charge in [-0.15, -0.1) is 0 Å². The molecular weight excluding hydrogens is 530 g/mol. The van der Waals surface area contributed by atoms with Gasteiger partial charge in [0, 0.05) is 22.3 Å². The number of carbonyl (C=O) groups is 2. The van der Waals surface area contributed by atoms with E-state index in [0.717, 1.165) is 22.3 Å². The van der Waals surface area contributed by atoms with Crippen LogP contribution in [0.1, 0.15) is 69.9 Å². The zero-order chi connectivity index (χ0) is 29.1. The van der Waals surface area contributed by atoms with E-state index in [2.05, 4.69) is 53.8 Å². The minimum absolute atomic E-state index is 0.0805. The first-order valence-corrected chi connectivity index (χ1v) is 14.8. The van der Waals surface area contributed by atoms with E-state index in [0.29, 0.717) is 40.6 Å². The number of carboxylic acids is 1. The van der Waals surface area contributed by atoms with Gasteiger partial charge in [-0.2, -0.15) is 0 Å². The molecule has 41 heavy (non-hydrogen) atoms. The average Bonchev–Trinajstić information content (AvgIpc) is 3.22. The predicted octanol–water partition coefficient (Wildman–Crippen LogP) is 9.67. The maximum Gasteiger partial charge on any atom is 0.331 e. The lowest BCUT2D eigenvalue weighted by atomic mass is 9.77. The van der Waals surface area contributed by atoms with E-state index in [-0.39, 0.29) is 11.8 Å². The highest BCUT2D eigenvalue weighted by Gasteiger charge is 2.26. The fourth-order valence-electron chi connectivity index (χ4n) is 5.66. The van der Waals surface area contributed by atoms with Crippen LogP contribution in [0.5, 0.6) is 0 Å². The largest absolute Gasteiger partial charge is 0.478 e. The fourth-order valence-corrected chi connectivity index (χ4v) is 5.93. The van der Waals surface area contributed by atoms with Crippen LogP contribution in [0.15, 0.2) is 90.0 Å². The standard InChI is InChI=1S/C36H36ClNO3/c1-4-23(19-30(22(2)3)36(40)41)9-7-14-29-32-20-31(33(37)21-34(32)38-35(29)39)26-17-15-25(16-18-26)28-13-6-5-12-27(28)24-10-8-11-24/h4-6,12-22,24H,7-11H2,1-3H3,(H,38,39)(H,40,41)/b23-4-,29-14-,30-19+. The van der Waals surface area contributed by atoms with Crippen LogP contribution in [0.2, 0.25) is 5.02 Å². The monoisotopic (exact) mass is 565 g/mol. The number of anilines is 1. The normalized spacial score (nSPS) is 16.6. The summed E-state index contributed by atoms with van der Waals surface area (Å²) in [6.07, 6.45) is 10.7. The molecule has 1 aliphatic carbocycles. The molecule has 1 amide bonds. The van der Waals surface area contributed by atoms with Crippen molar-refractivity contribution < 1.29 is 14.7 Å². The van der Waals surface area contributed by atoms with Gasteiger partial charge in [0.05, 0.1) is 10.7 Å². The van der Waals surface area contributed by atoms with Gasteiger partial charge in [-0.1, -0.05) is 98.1 Å². The van der Waals surface area contributed by atoms with Crippen LogP contribution >= 0.6 is 11.6 Å². The number of carbonyl (C=O) groups excluding carboxylic acids is 1. The number of halogens is 1. The molecule has 0 aromatic heterocycles. The van der Waals surface area contributed by atoms with Crippen LogP contribution in [0, 0.1) is 5.92 Å². The van der Waals surface area contributed by atoms with Gasteiger partial charge in [0.15, 0.2) is 0 Å². The molecule has 0 unspecified atom stereocenters. The zero-order valence-corrected chi connectivity index (χ0v) is 24.6. The highest BCUT2D eigenvalue weighted by atomic mass is 35.5. The summed E-state index contributed by atoms with van der Waals surface area (Å²) in [6.45, 7) is 5.65. The number of nitrogens with one attached hydrogen (secondary N) is 1. The Kier molecular flexibility index (Phi) is 8.60. The van der Waals surface area contributed by atoms with Crippen molar-refractivity contribution in [2.45, 2.75) is 58.8 Å². The van der Waals surface area contributed by atoms with Crippen molar-refractivity contribution in [2.75, 3.05) is 5.32 Å². The molecule has 3 aromatic carbocycles. The summed E-state index contributed by atoms with van der Waals surface area (Å²) in [5, 5.41) is 13.1. The molecule has 5 rings (SSSR count). The third-order valence-corrected chi connectivity index (χ3v) is 8.58. The highest BCUT2D eigenvalue weighted by molar-refractivity contribution is 6.36. The maximum atomic E-state index is 12.9. The molecule has 1 fully saturated rings. The van der Waals surface area contributed by atoms with Crippen LogP contribution < -0.4 is 5.32 Å². The van der Waals surface area contributed by atoms with Crippen molar-refractivity contribution in [3.8, 4) is 22.3 Å². The number of fused-ring (bicyclic) bond motifs is 1. The SMILES string of the molecule is C/C=C(\C=C(\C(=O)O)C(C)C)CC/C=C1\C(=O)Nc2cc(Cl)c(-c3ccc(-c4ccccc4C4CCC4)cc3)cc21. The van der Waals surface area contributed by atoms with E-state index in [4.69, 9.17) is 11.6 Å². The smallest absolute Gasteiger partial charge is 0.331 e. The van der Waals surface area contributed by atoms with Gasteiger partial charge >= 0.3 is 5.97 Å². The van der Waals surface area contributed by atoms with E-state index in [1.54, 1.807) is 6.08 Å². The number of benzene rings is 3. The highest BCUT2D eigenvalue weighted by Crippen LogP contribution is 2.43. The van der Waals surface area contributed by atoms with Crippen LogP contribution in [-0.2, 0) is 9.59 Å². The third-order valence-electron chi connectivity index (χ3n) is 8.27. The maximum absolute atomic E-state index is 12.9. The molecule has 0 saturated heterocycles. The average molecular weight is 566 g/mol. The van der Waals surface area contributed by atoms with E-state index in [1.165, 1.54) is 36.0 Å². The van der Waals surface area contributed by atoms with E-state index in [1.807, 2.05) is 45.1 Å². The van der Waals surface area contributed by atoms with Gasteiger partial charge in [-0.3, -0.25) is 4.79 Å². The molecular formula is C36H36ClNO3. The Labute approximate surface area is 247 Å². The number of amides is 1. The van der Waals surface area contributed by atoms with E-state index in [9.17, 15) is 14.7 Å². The summed E-state index contributed by atoms with van der Waals surface area (Å²) < 4.78 is 0.